The summed E-state index contributed by atoms with van der Waals surface area (Å²) >= 11 is 10.3. The molecule has 0 amide bonds. The molecule has 416 valence electrons. The van der Waals surface area contributed by atoms with Crippen molar-refractivity contribution in [1.82, 2.24) is 0 Å². The number of alkyl halides is 3. The highest BCUT2D eigenvalue weighted by Crippen LogP contribution is 2.30. The van der Waals surface area contributed by atoms with Gasteiger partial charge in [-0.25, -0.2) is 0 Å². The fraction of sp³-hybridized carbons (Fsp3) is 0.354. The first-order valence-corrected chi connectivity index (χ1v) is 28.3. The van der Waals surface area contributed by atoms with Crippen molar-refractivity contribution in [3.63, 3.8) is 0 Å². The Balaban J connectivity index is 0.000000450. The predicted molar refractivity (Wildman–Crippen MR) is 330 cm³/mol. The van der Waals surface area contributed by atoms with Crippen molar-refractivity contribution < 1.29 is 23.0 Å². The van der Waals surface area contributed by atoms with Crippen molar-refractivity contribution in [2.24, 2.45) is 0 Å². The van der Waals surface area contributed by atoms with Crippen LogP contribution in [0.3, 0.4) is 0 Å². The summed E-state index contributed by atoms with van der Waals surface area (Å²) < 4.78 is 39.9. The highest BCUT2D eigenvalue weighted by atomic mass is 79.9. The van der Waals surface area contributed by atoms with E-state index in [4.69, 9.17) is 0 Å². The Morgan fingerprint density at radius 2 is 0.779 bits per heavy atom. The van der Waals surface area contributed by atoms with Gasteiger partial charge in [0, 0.05) is 37.2 Å². The van der Waals surface area contributed by atoms with Gasteiger partial charge in [-0.1, -0.05) is 259 Å². The molecule has 0 fully saturated rings. The van der Waals surface area contributed by atoms with Gasteiger partial charge in [-0.3, -0.25) is 20.2 Å². The number of nitrogens with zero attached hydrogens (tertiary/aromatic N) is 2. The van der Waals surface area contributed by atoms with Gasteiger partial charge in [0.1, 0.15) is 0 Å². The topological polar surface area (TPSA) is 86.3 Å². The van der Waals surface area contributed by atoms with Crippen molar-refractivity contribution in [1.29, 1.82) is 0 Å². The first kappa shape index (κ1) is 69.6. The van der Waals surface area contributed by atoms with E-state index < -0.39 is 11.7 Å². The van der Waals surface area contributed by atoms with Crippen molar-refractivity contribution in [3.05, 3.63) is 254 Å². The van der Waals surface area contributed by atoms with E-state index in [2.05, 4.69) is 195 Å². The van der Waals surface area contributed by atoms with Crippen LogP contribution in [-0.4, -0.2) is 9.85 Å². The average Bonchev–Trinajstić information content (AvgIpc) is 3.37. The molecule has 0 atom stereocenters. The number of nitro groups is 2. The molecule has 0 aliphatic rings. The molecule has 0 aromatic heterocycles. The molecular weight excluding hydrogens is 1170 g/mol. The number of aryl methyl sites for hydroxylation is 1. The highest BCUT2D eigenvalue weighted by molar-refractivity contribution is 9.11. The molecule has 12 heteroatoms. The standard InChI is InChI=1S/C10H11F3.C10H14.3C9H11Br.2C9H11NO2/c1-7(2)8-3-5-9(6-4-8)10(11,12)13;1-8(2)10-6-4-9(3)5-7-10;1-7(2)8-3-5-9(10)6-4-8;1-7(2)8-4-3-5-9(10)6-8;1-7(2)8-5-3-4-6-9(8)10;1-7(2)8-4-3-5-9(6-8)10(11)12;1-7(2)8-5-3-4-6-9(8)10(11)12/h3-7H,1-2H3;4-8H,1-3H3;3*3-7H,1-2H3;2*3-7H,1-2H3. The molecule has 0 aliphatic heterocycles. The maximum absolute atomic E-state index is 12.1. The van der Waals surface area contributed by atoms with Crippen LogP contribution < -0.4 is 0 Å². The minimum absolute atomic E-state index is 0.168. The Hall–Kier alpha value is -5.43. The molecule has 0 bridgehead atoms. The maximum atomic E-state index is 12.1. The smallest absolute Gasteiger partial charge is 0.258 e. The number of rotatable bonds is 9. The fourth-order valence-electron chi connectivity index (χ4n) is 6.80. The van der Waals surface area contributed by atoms with Gasteiger partial charge in [0.05, 0.1) is 15.4 Å². The zero-order valence-corrected chi connectivity index (χ0v) is 52.3. The van der Waals surface area contributed by atoms with Crippen LogP contribution in [0.25, 0.3) is 0 Å². The van der Waals surface area contributed by atoms with Gasteiger partial charge in [0.2, 0.25) is 0 Å². The van der Waals surface area contributed by atoms with Crippen LogP contribution in [-0.2, 0) is 6.18 Å². The minimum Gasteiger partial charge on any atom is -0.258 e. The van der Waals surface area contributed by atoms with Gasteiger partial charge in [-0.2, -0.15) is 13.2 Å². The lowest BCUT2D eigenvalue weighted by atomic mass is 10.0. The molecule has 6 nitrogen and oxygen atoms in total. The molecule has 0 aliphatic carbocycles. The van der Waals surface area contributed by atoms with E-state index in [0.717, 1.165) is 33.3 Å². The lowest BCUT2D eigenvalue weighted by Gasteiger charge is -2.09. The summed E-state index contributed by atoms with van der Waals surface area (Å²) in [6.07, 6.45) is -4.23. The van der Waals surface area contributed by atoms with Gasteiger partial charge in [-0.05, 0) is 124 Å². The molecule has 7 aromatic rings. The lowest BCUT2D eigenvalue weighted by Crippen LogP contribution is -2.04. The summed E-state index contributed by atoms with van der Waals surface area (Å²) in [5.74, 6) is 3.32. The SMILES string of the molecule is CC(C)c1ccc(Br)cc1.CC(C)c1ccc(C(F)(F)F)cc1.CC(C)c1cccc(Br)c1.CC(C)c1cccc([N+](=O)[O-])c1.CC(C)c1ccccc1Br.CC(C)c1ccccc1[N+](=O)[O-].Cc1ccc(C(C)C)cc1. The van der Waals surface area contributed by atoms with Crippen molar-refractivity contribution in [2.45, 2.75) is 151 Å². The second-order valence-electron chi connectivity index (χ2n) is 20.4. The fourth-order valence-corrected chi connectivity index (χ4v) is 8.23. The lowest BCUT2D eigenvalue weighted by molar-refractivity contribution is -0.385. The van der Waals surface area contributed by atoms with Gasteiger partial charge in [0.15, 0.2) is 0 Å². The molecule has 0 radical (unpaired) electrons. The maximum Gasteiger partial charge on any atom is 0.416 e. The third-order valence-corrected chi connectivity index (χ3v) is 13.5. The highest BCUT2D eigenvalue weighted by Gasteiger charge is 2.30. The molecule has 0 saturated heterocycles. The van der Waals surface area contributed by atoms with Crippen LogP contribution in [0.2, 0.25) is 0 Å². The van der Waals surface area contributed by atoms with Gasteiger partial charge in [-0.15, -0.1) is 0 Å². The van der Waals surface area contributed by atoms with E-state index in [-0.39, 0.29) is 33.1 Å². The second-order valence-corrected chi connectivity index (χ2v) is 23.1. The second kappa shape index (κ2) is 35.9. The molecule has 0 unspecified atom stereocenters. The minimum atomic E-state index is -4.23. The number of nitro benzene ring substituents is 2. The van der Waals surface area contributed by atoms with Gasteiger partial charge < -0.3 is 0 Å². The van der Waals surface area contributed by atoms with E-state index in [1.807, 2.05) is 65.8 Å². The first-order chi connectivity index (χ1) is 36.0. The van der Waals surface area contributed by atoms with Crippen LogP contribution in [0.15, 0.2) is 183 Å². The Kier molecular flexibility index (Phi) is 32.4. The average molecular weight is 1250 g/mol. The van der Waals surface area contributed by atoms with Crippen molar-refractivity contribution in [2.75, 3.05) is 0 Å². The molecule has 7 rings (SSSR count). The van der Waals surface area contributed by atoms with E-state index in [0.29, 0.717) is 29.6 Å². The zero-order valence-electron chi connectivity index (χ0n) is 47.5. The Morgan fingerprint density at radius 3 is 1.13 bits per heavy atom. The van der Waals surface area contributed by atoms with E-state index in [1.54, 1.807) is 24.3 Å². The number of non-ortho nitro benzene ring substituents is 1. The third kappa shape index (κ3) is 28.1. The number of hydrogen-bond acceptors (Lipinski definition) is 4. The Labute approximate surface area is 484 Å². The Morgan fingerprint density at radius 1 is 0.390 bits per heavy atom. The quantitative estimate of drug-likeness (QED) is 0.106. The molecule has 0 saturated carbocycles. The monoisotopic (exact) mass is 1250 g/mol. The molecular formula is C65H80Br3F3N2O4. The van der Waals surface area contributed by atoms with Crippen molar-refractivity contribution in [3.8, 4) is 0 Å². The number of para-hydroxylation sites is 1. The normalized spacial score (nSPS) is 10.6. The molecule has 0 N–H and O–H groups in total. The third-order valence-electron chi connectivity index (χ3n) is 11.7. The summed E-state index contributed by atoms with van der Waals surface area (Å²) in [6, 6.07) is 52.8. The number of hydrogen-bond donors (Lipinski definition) is 0. The van der Waals surface area contributed by atoms with Crippen molar-refractivity contribution >= 4 is 59.2 Å². The van der Waals surface area contributed by atoms with Gasteiger partial charge >= 0.3 is 6.18 Å². The van der Waals surface area contributed by atoms with Crippen LogP contribution in [0.4, 0.5) is 24.5 Å². The number of benzene rings is 7. The Bertz CT molecular complexity index is 2730. The molecule has 7 aromatic carbocycles. The molecule has 77 heavy (non-hydrogen) atoms. The predicted octanol–water partition coefficient (Wildman–Crippen LogP) is 23.1. The summed E-state index contributed by atoms with van der Waals surface area (Å²) in [6.45, 7) is 31.5. The summed E-state index contributed by atoms with van der Waals surface area (Å²) in [5.41, 5.74) is 9.43. The van der Waals surface area contributed by atoms with Crippen LogP contribution in [0.1, 0.15) is 188 Å². The number of halogens is 6. The summed E-state index contributed by atoms with van der Waals surface area (Å²) in [5, 5.41) is 20.9. The first-order valence-electron chi connectivity index (χ1n) is 25.9. The summed E-state index contributed by atoms with van der Waals surface area (Å²) in [7, 11) is 0. The van der Waals surface area contributed by atoms with E-state index in [9.17, 15) is 33.4 Å². The van der Waals surface area contributed by atoms with Crippen LogP contribution in [0, 0.1) is 27.2 Å². The van der Waals surface area contributed by atoms with E-state index >= 15 is 0 Å². The zero-order chi connectivity index (χ0) is 58.6. The molecule has 0 spiro atoms. The van der Waals surface area contributed by atoms with Crippen LogP contribution >= 0.6 is 47.8 Å². The summed E-state index contributed by atoms with van der Waals surface area (Å²) in [4.78, 5) is 20.2. The molecule has 0 heterocycles. The largest absolute Gasteiger partial charge is 0.416 e. The van der Waals surface area contributed by atoms with Gasteiger partial charge in [0.25, 0.3) is 11.4 Å². The van der Waals surface area contributed by atoms with Crippen LogP contribution in [0.5, 0.6) is 0 Å². The van der Waals surface area contributed by atoms with E-state index in [1.165, 1.54) is 61.0 Å².